The molecule has 1 aliphatic carbocycles. The maximum absolute atomic E-state index is 14.2. The number of hydrogen-bond acceptors (Lipinski definition) is 2. The first-order valence-electron chi connectivity index (χ1n) is 5.99. The SMILES string of the molecule is Cc1cc(Br)cc(C(N)(C(F)F)C2CCC2O)c1F. The minimum absolute atomic E-state index is 0.238. The Kier molecular flexibility index (Phi) is 3.95. The molecule has 1 saturated carbocycles. The van der Waals surface area contributed by atoms with Crippen LogP contribution in [0.5, 0.6) is 0 Å². The van der Waals surface area contributed by atoms with Crippen molar-refractivity contribution in [3.63, 3.8) is 0 Å². The van der Waals surface area contributed by atoms with Crippen molar-refractivity contribution in [3.8, 4) is 0 Å². The summed E-state index contributed by atoms with van der Waals surface area (Å²) in [6.45, 7) is 1.49. The summed E-state index contributed by atoms with van der Waals surface area (Å²) in [6.07, 6.45) is -3.06. The lowest BCUT2D eigenvalue weighted by Crippen LogP contribution is -2.58. The fourth-order valence-corrected chi connectivity index (χ4v) is 3.13. The van der Waals surface area contributed by atoms with E-state index in [1.807, 2.05) is 0 Å². The van der Waals surface area contributed by atoms with E-state index in [1.54, 1.807) is 0 Å². The molecule has 2 rings (SSSR count). The Bertz CT molecular complexity index is 497. The number of aliphatic hydroxyl groups is 1. The highest BCUT2D eigenvalue weighted by Gasteiger charge is 2.53. The summed E-state index contributed by atoms with van der Waals surface area (Å²) in [5.74, 6) is -1.55. The van der Waals surface area contributed by atoms with Gasteiger partial charge in [0, 0.05) is 16.0 Å². The first-order valence-corrected chi connectivity index (χ1v) is 6.79. The average molecular weight is 338 g/mol. The van der Waals surface area contributed by atoms with Crippen molar-refractivity contribution in [2.24, 2.45) is 11.7 Å². The van der Waals surface area contributed by atoms with E-state index >= 15 is 0 Å². The molecule has 0 radical (unpaired) electrons. The Morgan fingerprint density at radius 1 is 1.42 bits per heavy atom. The number of aliphatic hydroxyl groups excluding tert-OH is 1. The molecule has 1 aliphatic rings. The van der Waals surface area contributed by atoms with E-state index in [1.165, 1.54) is 19.1 Å². The van der Waals surface area contributed by atoms with Gasteiger partial charge in [0.05, 0.1) is 6.10 Å². The van der Waals surface area contributed by atoms with E-state index in [9.17, 15) is 18.3 Å². The second kappa shape index (κ2) is 5.07. The maximum Gasteiger partial charge on any atom is 0.260 e. The van der Waals surface area contributed by atoms with Crippen molar-refractivity contribution in [1.82, 2.24) is 0 Å². The fraction of sp³-hybridized carbons (Fsp3) is 0.538. The summed E-state index contributed by atoms with van der Waals surface area (Å²) >= 11 is 3.16. The van der Waals surface area contributed by atoms with E-state index in [0.29, 0.717) is 17.3 Å². The quantitative estimate of drug-likeness (QED) is 0.890. The third kappa shape index (κ3) is 2.30. The van der Waals surface area contributed by atoms with Gasteiger partial charge in [0.25, 0.3) is 6.43 Å². The lowest BCUT2D eigenvalue weighted by Gasteiger charge is -2.45. The van der Waals surface area contributed by atoms with Crippen LogP contribution in [0, 0.1) is 18.7 Å². The molecule has 0 aromatic heterocycles. The third-order valence-corrected chi connectivity index (χ3v) is 4.36. The van der Waals surface area contributed by atoms with Crippen LogP contribution in [0.1, 0.15) is 24.0 Å². The van der Waals surface area contributed by atoms with Gasteiger partial charge in [0.2, 0.25) is 0 Å². The number of nitrogens with two attached hydrogens (primary N) is 1. The summed E-state index contributed by atoms with van der Waals surface area (Å²) in [7, 11) is 0. The first-order chi connectivity index (χ1) is 8.78. The number of rotatable bonds is 3. The molecule has 106 valence electrons. The van der Waals surface area contributed by atoms with E-state index in [0.717, 1.165) is 0 Å². The molecular weight excluding hydrogens is 323 g/mol. The summed E-state index contributed by atoms with van der Waals surface area (Å²) < 4.78 is 41.5. The lowest BCUT2D eigenvalue weighted by atomic mass is 9.66. The van der Waals surface area contributed by atoms with Gasteiger partial charge in [-0.15, -0.1) is 0 Å². The van der Waals surface area contributed by atoms with Gasteiger partial charge in [-0.1, -0.05) is 15.9 Å². The van der Waals surface area contributed by atoms with Gasteiger partial charge in [0.15, 0.2) is 0 Å². The Balaban J connectivity index is 2.57. The van der Waals surface area contributed by atoms with Crippen LogP contribution in [0.4, 0.5) is 13.2 Å². The Morgan fingerprint density at radius 2 is 2.05 bits per heavy atom. The highest BCUT2D eigenvalue weighted by molar-refractivity contribution is 9.10. The van der Waals surface area contributed by atoms with Crippen LogP contribution in [-0.4, -0.2) is 17.6 Å². The van der Waals surface area contributed by atoms with Crippen LogP contribution in [0.25, 0.3) is 0 Å². The monoisotopic (exact) mass is 337 g/mol. The Labute approximate surface area is 117 Å². The van der Waals surface area contributed by atoms with Gasteiger partial charge in [-0.05, 0) is 37.5 Å². The zero-order chi connectivity index (χ0) is 14.4. The average Bonchev–Trinajstić information content (AvgIpc) is 2.31. The second-order valence-corrected chi connectivity index (χ2v) is 5.98. The Hall–Kier alpha value is -0.590. The second-order valence-electron chi connectivity index (χ2n) is 5.07. The maximum atomic E-state index is 14.2. The predicted molar refractivity (Wildman–Crippen MR) is 69.4 cm³/mol. The zero-order valence-corrected chi connectivity index (χ0v) is 11.9. The van der Waals surface area contributed by atoms with Crippen LogP contribution in [0.2, 0.25) is 0 Å². The van der Waals surface area contributed by atoms with E-state index in [4.69, 9.17) is 5.73 Å². The van der Waals surface area contributed by atoms with Gasteiger partial charge in [-0.25, -0.2) is 13.2 Å². The highest BCUT2D eigenvalue weighted by Crippen LogP contribution is 2.46. The van der Waals surface area contributed by atoms with Crippen molar-refractivity contribution >= 4 is 15.9 Å². The van der Waals surface area contributed by atoms with E-state index < -0.39 is 29.8 Å². The zero-order valence-electron chi connectivity index (χ0n) is 10.3. The number of halogens is 4. The molecule has 0 aliphatic heterocycles. The van der Waals surface area contributed by atoms with Gasteiger partial charge >= 0.3 is 0 Å². The molecule has 1 aromatic carbocycles. The standard InChI is InChI=1S/C13H15BrF3NO/c1-6-4-7(14)5-9(11(6)15)13(18,12(16)17)8-2-3-10(8)19/h4-5,8,10,12,19H,2-3,18H2,1H3. The number of alkyl halides is 2. The van der Waals surface area contributed by atoms with Crippen molar-refractivity contribution in [3.05, 3.63) is 33.5 Å². The van der Waals surface area contributed by atoms with Gasteiger partial charge in [-0.2, -0.15) is 0 Å². The third-order valence-electron chi connectivity index (χ3n) is 3.90. The summed E-state index contributed by atoms with van der Waals surface area (Å²) in [5, 5.41) is 9.64. The normalized spacial score (nSPS) is 26.1. The highest BCUT2D eigenvalue weighted by atomic mass is 79.9. The molecule has 1 aromatic rings. The smallest absolute Gasteiger partial charge is 0.260 e. The molecule has 3 N–H and O–H groups in total. The minimum Gasteiger partial charge on any atom is -0.393 e. The molecule has 3 atom stereocenters. The molecule has 6 heteroatoms. The van der Waals surface area contributed by atoms with E-state index in [-0.39, 0.29) is 11.1 Å². The largest absolute Gasteiger partial charge is 0.393 e. The molecule has 0 bridgehead atoms. The van der Waals surface area contributed by atoms with Gasteiger partial charge in [-0.3, -0.25) is 0 Å². The van der Waals surface area contributed by atoms with Crippen LogP contribution in [-0.2, 0) is 5.54 Å². The number of aryl methyl sites for hydroxylation is 1. The van der Waals surface area contributed by atoms with Crippen molar-refractivity contribution in [1.29, 1.82) is 0 Å². The summed E-state index contributed by atoms with van der Waals surface area (Å²) in [4.78, 5) is 0. The van der Waals surface area contributed by atoms with E-state index in [2.05, 4.69) is 15.9 Å². The topological polar surface area (TPSA) is 46.2 Å². The van der Waals surface area contributed by atoms with Crippen molar-refractivity contribution < 1.29 is 18.3 Å². The molecule has 19 heavy (non-hydrogen) atoms. The van der Waals surface area contributed by atoms with Crippen LogP contribution >= 0.6 is 15.9 Å². The molecule has 0 amide bonds. The van der Waals surface area contributed by atoms with Gasteiger partial charge < -0.3 is 10.8 Å². The van der Waals surface area contributed by atoms with Gasteiger partial charge in [0.1, 0.15) is 11.4 Å². The molecule has 1 fully saturated rings. The summed E-state index contributed by atoms with van der Waals surface area (Å²) in [5.41, 5.74) is 3.68. The first kappa shape index (κ1) is 14.8. The number of benzene rings is 1. The molecular formula is C13H15BrF3NO. The van der Waals surface area contributed by atoms with Crippen LogP contribution in [0.3, 0.4) is 0 Å². The Morgan fingerprint density at radius 3 is 2.47 bits per heavy atom. The van der Waals surface area contributed by atoms with Crippen LogP contribution in [0.15, 0.2) is 16.6 Å². The predicted octanol–water partition coefficient (Wildman–Crippen LogP) is 3.09. The molecule has 3 unspecified atom stereocenters. The molecule has 2 nitrogen and oxygen atoms in total. The molecule has 0 saturated heterocycles. The van der Waals surface area contributed by atoms with Crippen molar-refractivity contribution in [2.75, 3.05) is 0 Å². The van der Waals surface area contributed by atoms with Crippen LogP contribution < -0.4 is 5.73 Å². The summed E-state index contributed by atoms with van der Waals surface area (Å²) in [6, 6.07) is 2.78. The fourth-order valence-electron chi connectivity index (χ4n) is 2.56. The minimum atomic E-state index is -2.95. The number of hydrogen-bond donors (Lipinski definition) is 2. The molecule has 0 spiro atoms. The molecule has 0 heterocycles. The lowest BCUT2D eigenvalue weighted by molar-refractivity contribution is -0.0836. The van der Waals surface area contributed by atoms with Crippen molar-refractivity contribution in [2.45, 2.75) is 37.8 Å².